The van der Waals surface area contributed by atoms with Gasteiger partial charge in [0.25, 0.3) is 0 Å². The molecule has 0 radical (unpaired) electrons. The van der Waals surface area contributed by atoms with Crippen LogP contribution in [0.5, 0.6) is 0 Å². The summed E-state index contributed by atoms with van der Waals surface area (Å²) in [5.41, 5.74) is 3.01. The second-order valence-corrected chi connectivity index (χ2v) is 8.47. The topological polar surface area (TPSA) is 74.3 Å². The predicted octanol–water partition coefficient (Wildman–Crippen LogP) is 3.29. The number of carboxylic acid groups (broad SMARTS) is 1. The molecular formula is C23H35N3O4. The van der Waals surface area contributed by atoms with E-state index in [4.69, 9.17) is 9.57 Å². The molecule has 2 aliphatic heterocycles. The molecule has 2 aliphatic rings. The van der Waals surface area contributed by atoms with Gasteiger partial charge >= 0.3 is 5.97 Å². The minimum atomic E-state index is -0.839. The summed E-state index contributed by atoms with van der Waals surface area (Å²) in [6.45, 7) is 8.70. The molecule has 1 saturated heterocycles. The molecule has 0 amide bonds. The van der Waals surface area contributed by atoms with Gasteiger partial charge in [-0.15, -0.1) is 0 Å². The minimum Gasteiger partial charge on any atom is -0.480 e. The number of likely N-dealkylation sites (tertiary alicyclic amines) is 1. The maximum Gasteiger partial charge on any atom is 0.325 e. The van der Waals surface area contributed by atoms with E-state index in [1.54, 1.807) is 0 Å². The van der Waals surface area contributed by atoms with Crippen molar-refractivity contribution < 1.29 is 19.5 Å². The van der Waals surface area contributed by atoms with Gasteiger partial charge in [0.05, 0.1) is 18.8 Å². The van der Waals surface area contributed by atoms with E-state index in [0.29, 0.717) is 19.7 Å². The lowest BCUT2D eigenvalue weighted by Gasteiger charge is -2.31. The maximum atomic E-state index is 12.2. The van der Waals surface area contributed by atoms with Crippen molar-refractivity contribution in [3.8, 4) is 0 Å². The van der Waals surface area contributed by atoms with Crippen LogP contribution in [0.4, 0.5) is 0 Å². The van der Waals surface area contributed by atoms with E-state index in [2.05, 4.69) is 12.2 Å². The quantitative estimate of drug-likeness (QED) is 0.597. The van der Waals surface area contributed by atoms with E-state index in [-0.39, 0.29) is 12.2 Å². The van der Waals surface area contributed by atoms with Crippen molar-refractivity contribution in [1.82, 2.24) is 15.3 Å². The van der Waals surface area contributed by atoms with Crippen molar-refractivity contribution in [2.45, 2.75) is 64.9 Å². The fraction of sp³-hybridized carbons (Fsp3) is 0.609. The predicted molar refractivity (Wildman–Crippen MR) is 116 cm³/mol. The number of hydrogen-bond donors (Lipinski definition) is 2. The van der Waals surface area contributed by atoms with Crippen LogP contribution in [0.3, 0.4) is 0 Å². The highest BCUT2D eigenvalue weighted by molar-refractivity contribution is 5.76. The van der Waals surface area contributed by atoms with Crippen LogP contribution in [-0.4, -0.2) is 59.9 Å². The molecule has 1 fully saturated rings. The van der Waals surface area contributed by atoms with Gasteiger partial charge in [0.1, 0.15) is 11.9 Å². The van der Waals surface area contributed by atoms with Gasteiger partial charge in [-0.25, -0.2) is 5.06 Å². The number of ether oxygens (including phenoxy) is 1. The first-order chi connectivity index (χ1) is 14.4. The number of allylic oxidation sites excluding steroid dienone is 1. The van der Waals surface area contributed by atoms with E-state index in [9.17, 15) is 9.90 Å². The van der Waals surface area contributed by atoms with Gasteiger partial charge in [0.2, 0.25) is 0 Å². The molecule has 166 valence electrons. The Morgan fingerprint density at radius 2 is 2.13 bits per heavy atom. The van der Waals surface area contributed by atoms with Gasteiger partial charge in [-0.05, 0) is 56.7 Å². The van der Waals surface area contributed by atoms with Gasteiger partial charge in [0.15, 0.2) is 0 Å². The zero-order chi connectivity index (χ0) is 21.7. The van der Waals surface area contributed by atoms with Gasteiger partial charge in [-0.3, -0.25) is 14.5 Å². The van der Waals surface area contributed by atoms with Crippen LogP contribution in [0, 0.1) is 0 Å². The zero-order valence-corrected chi connectivity index (χ0v) is 18.6. The van der Waals surface area contributed by atoms with Crippen LogP contribution in [-0.2, 0) is 21.0 Å². The van der Waals surface area contributed by atoms with Gasteiger partial charge < -0.3 is 15.2 Å². The first-order valence-corrected chi connectivity index (χ1v) is 10.9. The molecule has 7 heteroatoms. The summed E-state index contributed by atoms with van der Waals surface area (Å²) in [4.78, 5) is 20.4. The van der Waals surface area contributed by atoms with Crippen molar-refractivity contribution in [3.05, 3.63) is 46.8 Å². The fourth-order valence-electron chi connectivity index (χ4n) is 4.24. The number of nitrogens with zero attached hydrogens (tertiary/aromatic N) is 2. The third-order valence-corrected chi connectivity index (χ3v) is 5.74. The first-order valence-electron chi connectivity index (χ1n) is 10.9. The van der Waals surface area contributed by atoms with Crippen LogP contribution in [0.2, 0.25) is 0 Å². The molecule has 1 aromatic rings. The number of nitrogens with one attached hydrogen (secondary N) is 1. The number of carboxylic acids is 1. The summed E-state index contributed by atoms with van der Waals surface area (Å²) in [6.07, 6.45) is 3.06. The molecule has 0 saturated carbocycles. The molecule has 0 aliphatic carbocycles. The summed E-state index contributed by atoms with van der Waals surface area (Å²) in [5, 5.41) is 15.3. The number of carbonyl (C=O) groups is 1. The Balaban J connectivity index is 1.69. The maximum absolute atomic E-state index is 12.2. The van der Waals surface area contributed by atoms with E-state index in [1.807, 2.05) is 55.1 Å². The highest BCUT2D eigenvalue weighted by atomic mass is 16.7. The molecule has 7 nitrogen and oxygen atoms in total. The summed E-state index contributed by atoms with van der Waals surface area (Å²) >= 11 is 0. The summed E-state index contributed by atoms with van der Waals surface area (Å²) in [5.74, 6) is 0.194. The molecule has 2 N–H and O–H groups in total. The van der Waals surface area contributed by atoms with Crippen molar-refractivity contribution in [2.24, 2.45) is 0 Å². The molecule has 1 aromatic carbocycles. The van der Waals surface area contributed by atoms with Crippen LogP contribution in [0.15, 0.2) is 35.7 Å². The molecule has 1 unspecified atom stereocenters. The van der Waals surface area contributed by atoms with Crippen molar-refractivity contribution in [3.63, 3.8) is 0 Å². The van der Waals surface area contributed by atoms with E-state index < -0.39 is 12.0 Å². The average Bonchev–Trinajstić information content (AvgIpc) is 3.15. The molecule has 0 bridgehead atoms. The molecule has 2 heterocycles. The number of benzene rings is 1. The third kappa shape index (κ3) is 5.53. The van der Waals surface area contributed by atoms with Crippen molar-refractivity contribution in [1.29, 1.82) is 0 Å². The number of hydrogen-bond acceptors (Lipinski definition) is 6. The highest BCUT2D eigenvalue weighted by Gasteiger charge is 2.36. The van der Waals surface area contributed by atoms with Crippen molar-refractivity contribution in [2.75, 3.05) is 26.7 Å². The normalized spacial score (nSPS) is 21.0. The van der Waals surface area contributed by atoms with Crippen molar-refractivity contribution >= 4 is 5.97 Å². The van der Waals surface area contributed by atoms with Crippen LogP contribution < -0.4 is 5.32 Å². The summed E-state index contributed by atoms with van der Waals surface area (Å²) in [6, 6.07) is 6.98. The molecule has 30 heavy (non-hydrogen) atoms. The zero-order valence-electron chi connectivity index (χ0n) is 18.6. The lowest BCUT2D eigenvalue weighted by atomic mass is 9.99. The van der Waals surface area contributed by atoms with Crippen LogP contribution >= 0.6 is 0 Å². The standard InChI is InChI=1S/C23H35N3O4/c1-16(2)29-15-18-9-5-6-10-20(18)21(23(27)28)26-13-11-19(14-26)30-25(4)22-17(3)8-7-12-24-22/h5-6,9-10,16,19,21,24H,7-8,11-15H2,1-4H3,(H,27,28)/t19-,21?/m1/s1. The Morgan fingerprint density at radius 1 is 1.37 bits per heavy atom. The molecular weight excluding hydrogens is 382 g/mol. The average molecular weight is 418 g/mol. The minimum absolute atomic E-state index is 0.0417. The summed E-state index contributed by atoms with van der Waals surface area (Å²) in [7, 11) is 1.92. The monoisotopic (exact) mass is 417 g/mol. The number of hydroxylamine groups is 2. The van der Waals surface area contributed by atoms with E-state index >= 15 is 0 Å². The first kappa shape index (κ1) is 22.6. The molecule has 2 atom stereocenters. The molecule has 0 spiro atoms. The summed E-state index contributed by atoms with van der Waals surface area (Å²) < 4.78 is 5.76. The van der Waals surface area contributed by atoms with Gasteiger partial charge in [-0.2, -0.15) is 0 Å². The Bertz CT molecular complexity index is 765. The highest BCUT2D eigenvalue weighted by Crippen LogP contribution is 2.30. The number of rotatable bonds is 9. The Hall–Kier alpha value is -2.09. The van der Waals surface area contributed by atoms with Gasteiger partial charge in [-0.1, -0.05) is 24.3 Å². The Kier molecular flexibility index (Phi) is 7.75. The lowest BCUT2D eigenvalue weighted by molar-refractivity contribution is -0.159. The smallest absolute Gasteiger partial charge is 0.325 e. The Morgan fingerprint density at radius 3 is 2.83 bits per heavy atom. The second kappa shape index (κ2) is 10.3. The van der Waals surface area contributed by atoms with E-state index in [0.717, 1.165) is 42.8 Å². The SMILES string of the molecule is CC1=C(N(C)O[C@@H]2CCN(C(C(=O)O)c3ccccc3COC(C)C)C2)NCCC1. The van der Waals surface area contributed by atoms with Crippen LogP contribution in [0.25, 0.3) is 0 Å². The second-order valence-electron chi connectivity index (χ2n) is 8.47. The van der Waals surface area contributed by atoms with Crippen LogP contribution in [0.1, 0.15) is 57.2 Å². The largest absolute Gasteiger partial charge is 0.480 e. The molecule has 3 rings (SSSR count). The molecule has 0 aromatic heterocycles. The fourth-order valence-corrected chi connectivity index (χ4v) is 4.24. The number of aliphatic carboxylic acids is 1. The Labute approximate surface area is 179 Å². The van der Waals surface area contributed by atoms with Gasteiger partial charge in [0, 0.05) is 26.7 Å². The van der Waals surface area contributed by atoms with E-state index in [1.165, 1.54) is 5.57 Å². The lowest BCUT2D eigenvalue weighted by Crippen LogP contribution is -2.38. The third-order valence-electron chi connectivity index (χ3n) is 5.74.